The Morgan fingerprint density at radius 1 is 0.929 bits per heavy atom. The molecule has 82 valence electrons. The van der Waals surface area contributed by atoms with Crippen LogP contribution in [0.25, 0.3) is 0 Å². The van der Waals surface area contributed by atoms with Gasteiger partial charge in [-0.15, -0.1) is 0 Å². The van der Waals surface area contributed by atoms with Crippen molar-refractivity contribution in [1.29, 1.82) is 0 Å². The van der Waals surface area contributed by atoms with Gasteiger partial charge in [-0.25, -0.2) is 0 Å². The van der Waals surface area contributed by atoms with Crippen LogP contribution in [0.15, 0.2) is 0 Å². The maximum absolute atomic E-state index is 2.58. The second-order valence-corrected chi connectivity index (χ2v) is 6.49. The second kappa shape index (κ2) is 3.25. The van der Waals surface area contributed by atoms with Crippen LogP contribution in [0.1, 0.15) is 66.2 Å². The zero-order valence-electron chi connectivity index (χ0n) is 10.4. The lowest BCUT2D eigenvalue weighted by atomic mass is 9.46. The summed E-state index contributed by atoms with van der Waals surface area (Å²) in [5.74, 6) is 1.88. The molecule has 0 aromatic heterocycles. The molecule has 2 aliphatic carbocycles. The molecule has 2 rings (SSSR count). The van der Waals surface area contributed by atoms with E-state index < -0.39 is 0 Å². The highest BCUT2D eigenvalue weighted by Crippen LogP contribution is 2.62. The van der Waals surface area contributed by atoms with Crippen molar-refractivity contribution in [3.8, 4) is 0 Å². The normalized spacial score (nSPS) is 54.0. The summed E-state index contributed by atoms with van der Waals surface area (Å²) >= 11 is 0. The van der Waals surface area contributed by atoms with Gasteiger partial charge in [0.15, 0.2) is 0 Å². The molecule has 0 heterocycles. The van der Waals surface area contributed by atoms with Crippen LogP contribution >= 0.6 is 0 Å². The van der Waals surface area contributed by atoms with Crippen molar-refractivity contribution >= 4 is 0 Å². The van der Waals surface area contributed by atoms with Gasteiger partial charge in [0.2, 0.25) is 0 Å². The summed E-state index contributed by atoms with van der Waals surface area (Å²) < 4.78 is 0. The van der Waals surface area contributed by atoms with E-state index in [1.807, 2.05) is 0 Å². The van der Waals surface area contributed by atoms with Crippen LogP contribution in [0.2, 0.25) is 0 Å². The molecule has 4 unspecified atom stereocenters. The first-order chi connectivity index (χ1) is 6.50. The Morgan fingerprint density at radius 3 is 2.29 bits per heavy atom. The lowest BCUT2D eigenvalue weighted by Crippen LogP contribution is -2.50. The molecule has 0 radical (unpaired) electrons. The Balaban J connectivity index is 2.29. The quantitative estimate of drug-likeness (QED) is 0.527. The molecule has 0 saturated heterocycles. The van der Waals surface area contributed by atoms with Gasteiger partial charge >= 0.3 is 0 Å². The lowest BCUT2D eigenvalue weighted by molar-refractivity contribution is -0.0907. The van der Waals surface area contributed by atoms with E-state index in [-0.39, 0.29) is 0 Å². The number of hydrogen-bond acceptors (Lipinski definition) is 0. The average molecular weight is 194 g/mol. The Labute approximate surface area is 89.5 Å². The highest BCUT2D eigenvalue weighted by Gasteiger charge is 2.52. The fourth-order valence-electron chi connectivity index (χ4n) is 4.21. The van der Waals surface area contributed by atoms with E-state index in [1.54, 1.807) is 0 Å². The molecule has 0 aliphatic heterocycles. The van der Waals surface area contributed by atoms with Crippen LogP contribution in [0.4, 0.5) is 0 Å². The summed E-state index contributed by atoms with van der Waals surface area (Å²) in [6.07, 6.45) is 8.87. The summed E-state index contributed by atoms with van der Waals surface area (Å²) in [4.78, 5) is 0. The first kappa shape index (κ1) is 10.5. The molecule has 0 amide bonds. The van der Waals surface area contributed by atoms with E-state index in [2.05, 4.69) is 27.7 Å². The standard InChI is InChI=1S/C14H26/c1-11-7-10-13(3)8-5-6-9-14(13,4)12(11)2/h11-12H,5-10H2,1-4H3. The van der Waals surface area contributed by atoms with E-state index >= 15 is 0 Å². The highest BCUT2D eigenvalue weighted by atomic mass is 14.6. The maximum Gasteiger partial charge on any atom is -0.0244 e. The number of fused-ring (bicyclic) bond motifs is 1. The average Bonchev–Trinajstić information content (AvgIpc) is 2.16. The van der Waals surface area contributed by atoms with Crippen molar-refractivity contribution in [3.63, 3.8) is 0 Å². The van der Waals surface area contributed by atoms with E-state index in [4.69, 9.17) is 0 Å². The lowest BCUT2D eigenvalue weighted by Gasteiger charge is -2.59. The van der Waals surface area contributed by atoms with Crippen molar-refractivity contribution in [2.24, 2.45) is 22.7 Å². The minimum absolute atomic E-state index is 0.642. The zero-order valence-corrected chi connectivity index (χ0v) is 10.4. The van der Waals surface area contributed by atoms with E-state index in [9.17, 15) is 0 Å². The predicted molar refractivity (Wildman–Crippen MR) is 62.2 cm³/mol. The van der Waals surface area contributed by atoms with Crippen molar-refractivity contribution in [2.45, 2.75) is 66.2 Å². The Kier molecular flexibility index (Phi) is 2.44. The summed E-state index contributed by atoms with van der Waals surface area (Å²) in [5.41, 5.74) is 1.31. The van der Waals surface area contributed by atoms with Crippen LogP contribution in [-0.4, -0.2) is 0 Å². The zero-order chi connectivity index (χ0) is 10.4. The SMILES string of the molecule is CC1CCC2(C)CCCCC2(C)C1C. The predicted octanol–water partition coefficient (Wildman–Crippen LogP) is 4.64. The second-order valence-electron chi connectivity index (χ2n) is 6.49. The minimum Gasteiger partial charge on any atom is -0.0622 e. The molecular weight excluding hydrogens is 168 g/mol. The summed E-state index contributed by atoms with van der Waals surface area (Å²) in [6.45, 7) is 10.1. The third-order valence-corrected chi connectivity index (χ3v) is 6.06. The van der Waals surface area contributed by atoms with Gasteiger partial charge < -0.3 is 0 Å². The first-order valence-electron chi connectivity index (χ1n) is 6.50. The molecule has 0 spiro atoms. The molecule has 0 heteroatoms. The molecule has 0 nitrogen and oxygen atoms in total. The van der Waals surface area contributed by atoms with Crippen molar-refractivity contribution in [3.05, 3.63) is 0 Å². The van der Waals surface area contributed by atoms with E-state index in [1.165, 1.54) is 38.5 Å². The van der Waals surface area contributed by atoms with Gasteiger partial charge in [-0.3, -0.25) is 0 Å². The molecule has 2 aliphatic rings. The highest BCUT2D eigenvalue weighted by molar-refractivity contribution is 5.02. The largest absolute Gasteiger partial charge is 0.0622 e. The Bertz CT molecular complexity index is 220. The van der Waals surface area contributed by atoms with Crippen molar-refractivity contribution < 1.29 is 0 Å². The molecule has 2 saturated carbocycles. The molecular formula is C14H26. The molecule has 0 bridgehead atoms. The fraction of sp³-hybridized carbons (Fsp3) is 1.00. The number of rotatable bonds is 0. The first-order valence-corrected chi connectivity index (χ1v) is 6.50. The molecule has 4 atom stereocenters. The Hall–Kier alpha value is 0. The molecule has 2 fully saturated rings. The fourth-order valence-corrected chi connectivity index (χ4v) is 4.21. The van der Waals surface area contributed by atoms with E-state index in [0.29, 0.717) is 10.8 Å². The molecule has 14 heavy (non-hydrogen) atoms. The third-order valence-electron chi connectivity index (χ3n) is 6.06. The molecule has 0 aromatic rings. The topological polar surface area (TPSA) is 0 Å². The smallest absolute Gasteiger partial charge is 0.0244 e. The van der Waals surface area contributed by atoms with Gasteiger partial charge in [0.1, 0.15) is 0 Å². The van der Waals surface area contributed by atoms with Crippen LogP contribution in [0.5, 0.6) is 0 Å². The van der Waals surface area contributed by atoms with Gasteiger partial charge in [0.05, 0.1) is 0 Å². The minimum atomic E-state index is 0.642. The summed E-state index contributed by atoms with van der Waals surface area (Å²) in [7, 11) is 0. The van der Waals surface area contributed by atoms with Crippen LogP contribution in [-0.2, 0) is 0 Å². The van der Waals surface area contributed by atoms with Gasteiger partial charge in [0, 0.05) is 0 Å². The molecule has 0 aromatic carbocycles. The Morgan fingerprint density at radius 2 is 1.57 bits per heavy atom. The third kappa shape index (κ3) is 1.26. The van der Waals surface area contributed by atoms with Crippen LogP contribution in [0, 0.1) is 22.7 Å². The monoisotopic (exact) mass is 194 g/mol. The van der Waals surface area contributed by atoms with Gasteiger partial charge in [-0.1, -0.05) is 40.5 Å². The van der Waals surface area contributed by atoms with Crippen LogP contribution in [0.3, 0.4) is 0 Å². The van der Waals surface area contributed by atoms with Crippen LogP contribution < -0.4 is 0 Å². The summed E-state index contributed by atoms with van der Waals surface area (Å²) in [5, 5.41) is 0. The maximum atomic E-state index is 2.58. The van der Waals surface area contributed by atoms with E-state index in [0.717, 1.165) is 11.8 Å². The van der Waals surface area contributed by atoms with Crippen molar-refractivity contribution in [2.75, 3.05) is 0 Å². The van der Waals surface area contributed by atoms with Gasteiger partial charge in [-0.05, 0) is 48.3 Å². The summed E-state index contributed by atoms with van der Waals surface area (Å²) in [6, 6.07) is 0. The number of hydrogen-bond donors (Lipinski definition) is 0. The van der Waals surface area contributed by atoms with Gasteiger partial charge in [-0.2, -0.15) is 0 Å². The van der Waals surface area contributed by atoms with Gasteiger partial charge in [0.25, 0.3) is 0 Å². The molecule has 0 N–H and O–H groups in total. The van der Waals surface area contributed by atoms with Crippen molar-refractivity contribution in [1.82, 2.24) is 0 Å².